The molecule has 4 nitrogen and oxygen atoms in total. The Hall–Kier alpha value is -2.21. The second kappa shape index (κ2) is 4.96. The van der Waals surface area contributed by atoms with Gasteiger partial charge < -0.3 is 5.11 Å². The summed E-state index contributed by atoms with van der Waals surface area (Å²) in [5.74, 6) is -1.46. The summed E-state index contributed by atoms with van der Waals surface area (Å²) in [4.78, 5) is 15.6. The quantitative estimate of drug-likeness (QED) is 0.763. The normalized spacial score (nSPS) is 11.0. The smallest absolute Gasteiger partial charge is 0.337 e. The molecule has 0 aliphatic heterocycles. The summed E-state index contributed by atoms with van der Waals surface area (Å²) >= 11 is 3.14. The van der Waals surface area contributed by atoms with Crippen LogP contribution < -0.4 is 0 Å². The third-order valence-corrected chi connectivity index (χ3v) is 3.90. The van der Waals surface area contributed by atoms with E-state index >= 15 is 0 Å². The summed E-state index contributed by atoms with van der Waals surface area (Å²) in [5, 5.41) is 9.32. The number of imidazole rings is 1. The number of hydrogen-bond acceptors (Lipinski definition) is 2. The molecular weight excluding hydrogens is 339 g/mol. The Morgan fingerprint density at radius 1 is 1.38 bits per heavy atom. The second-order valence-corrected chi connectivity index (χ2v) is 5.50. The van der Waals surface area contributed by atoms with Crippen molar-refractivity contribution in [2.75, 3.05) is 0 Å². The highest BCUT2D eigenvalue weighted by Crippen LogP contribution is 2.27. The first-order valence-corrected chi connectivity index (χ1v) is 6.93. The number of hydrogen-bond donors (Lipinski definition) is 1. The van der Waals surface area contributed by atoms with E-state index < -0.39 is 11.8 Å². The maximum absolute atomic E-state index is 13.8. The number of rotatable bonds is 2. The van der Waals surface area contributed by atoms with E-state index in [0.717, 1.165) is 5.56 Å². The molecular formula is C15H10BrFN2O2. The molecule has 0 unspecified atom stereocenters. The molecule has 0 aliphatic rings. The molecule has 0 saturated heterocycles. The number of para-hydroxylation sites is 1. The van der Waals surface area contributed by atoms with Crippen LogP contribution in [0.5, 0.6) is 0 Å². The molecule has 0 fully saturated rings. The molecule has 0 saturated carbocycles. The number of aromatic carboxylic acids is 1. The van der Waals surface area contributed by atoms with Gasteiger partial charge in [-0.1, -0.05) is 6.07 Å². The second-order valence-electron chi connectivity index (χ2n) is 4.65. The van der Waals surface area contributed by atoms with Crippen molar-refractivity contribution in [3.8, 4) is 5.69 Å². The van der Waals surface area contributed by atoms with E-state index in [4.69, 9.17) is 0 Å². The van der Waals surface area contributed by atoms with E-state index in [-0.39, 0.29) is 5.56 Å². The van der Waals surface area contributed by atoms with E-state index in [1.165, 1.54) is 18.5 Å². The topological polar surface area (TPSA) is 55.1 Å². The standard InChI is InChI=1S/C15H10BrFN2O2/c1-8-5-10(16)11(17)6-13(8)19-7-18-12-4-2-3-9(14(12)19)15(20)21/h2-7H,1H3,(H,20,21). The summed E-state index contributed by atoms with van der Waals surface area (Å²) in [6, 6.07) is 7.88. The molecule has 21 heavy (non-hydrogen) atoms. The zero-order valence-corrected chi connectivity index (χ0v) is 12.6. The Bertz CT molecular complexity index is 873. The van der Waals surface area contributed by atoms with Crippen molar-refractivity contribution in [2.24, 2.45) is 0 Å². The van der Waals surface area contributed by atoms with Crippen molar-refractivity contribution in [3.63, 3.8) is 0 Å². The molecule has 0 spiro atoms. The Morgan fingerprint density at radius 3 is 2.86 bits per heavy atom. The maximum Gasteiger partial charge on any atom is 0.337 e. The van der Waals surface area contributed by atoms with Crippen LogP contribution in [0.15, 0.2) is 41.1 Å². The van der Waals surface area contributed by atoms with Crippen LogP contribution in [-0.2, 0) is 0 Å². The van der Waals surface area contributed by atoms with Gasteiger partial charge in [0.2, 0.25) is 0 Å². The Morgan fingerprint density at radius 2 is 2.14 bits per heavy atom. The van der Waals surface area contributed by atoms with Gasteiger partial charge in [0.05, 0.1) is 26.8 Å². The molecule has 0 bridgehead atoms. The number of halogens is 2. The summed E-state index contributed by atoms with van der Waals surface area (Å²) in [7, 11) is 0. The third-order valence-electron chi connectivity index (χ3n) is 3.30. The maximum atomic E-state index is 13.8. The van der Waals surface area contributed by atoms with Crippen LogP contribution in [0, 0.1) is 12.7 Å². The number of nitrogens with zero attached hydrogens (tertiary/aromatic N) is 2. The number of carboxylic acid groups (broad SMARTS) is 1. The van der Waals surface area contributed by atoms with Gasteiger partial charge in [-0.2, -0.15) is 0 Å². The van der Waals surface area contributed by atoms with Gasteiger partial charge in [0, 0.05) is 0 Å². The molecule has 1 aromatic heterocycles. The monoisotopic (exact) mass is 348 g/mol. The average molecular weight is 349 g/mol. The molecule has 106 valence electrons. The minimum atomic E-state index is -1.04. The van der Waals surface area contributed by atoms with Crippen LogP contribution in [0.25, 0.3) is 16.7 Å². The molecule has 6 heteroatoms. The van der Waals surface area contributed by atoms with Crippen LogP contribution >= 0.6 is 15.9 Å². The van der Waals surface area contributed by atoms with E-state index in [9.17, 15) is 14.3 Å². The van der Waals surface area contributed by atoms with E-state index in [1.807, 2.05) is 6.92 Å². The van der Waals surface area contributed by atoms with Crippen molar-refractivity contribution in [2.45, 2.75) is 6.92 Å². The summed E-state index contributed by atoms with van der Waals surface area (Å²) in [6.07, 6.45) is 1.51. The van der Waals surface area contributed by atoms with Crippen LogP contribution in [0.4, 0.5) is 4.39 Å². The SMILES string of the molecule is Cc1cc(Br)c(F)cc1-n1cnc2cccc(C(=O)O)c21. The minimum absolute atomic E-state index is 0.132. The highest BCUT2D eigenvalue weighted by Gasteiger charge is 2.16. The minimum Gasteiger partial charge on any atom is -0.478 e. The Labute approximate surface area is 128 Å². The van der Waals surface area contributed by atoms with Crippen LogP contribution in [-0.4, -0.2) is 20.6 Å². The molecule has 3 rings (SSSR count). The zero-order valence-electron chi connectivity index (χ0n) is 11.0. The molecule has 0 atom stereocenters. The Kier molecular flexibility index (Phi) is 3.25. The van der Waals surface area contributed by atoms with Gasteiger partial charge in [-0.15, -0.1) is 0 Å². The summed E-state index contributed by atoms with van der Waals surface area (Å²) < 4.78 is 15.8. The predicted octanol–water partition coefficient (Wildman–Crippen LogP) is 3.93. The number of benzene rings is 2. The predicted molar refractivity (Wildman–Crippen MR) is 80.4 cm³/mol. The van der Waals surface area contributed by atoms with Gasteiger partial charge in [-0.05, 0) is 52.7 Å². The lowest BCUT2D eigenvalue weighted by atomic mass is 10.1. The van der Waals surface area contributed by atoms with Gasteiger partial charge in [0.15, 0.2) is 0 Å². The molecule has 1 N–H and O–H groups in total. The Balaban J connectivity index is 2.36. The lowest BCUT2D eigenvalue weighted by molar-refractivity contribution is 0.0698. The van der Waals surface area contributed by atoms with Crippen molar-refractivity contribution in [1.82, 2.24) is 9.55 Å². The summed E-state index contributed by atoms with van der Waals surface area (Å²) in [5.41, 5.74) is 2.51. The largest absolute Gasteiger partial charge is 0.478 e. The van der Waals surface area contributed by atoms with E-state index in [2.05, 4.69) is 20.9 Å². The van der Waals surface area contributed by atoms with Crippen LogP contribution in [0.2, 0.25) is 0 Å². The van der Waals surface area contributed by atoms with E-state index in [0.29, 0.717) is 21.2 Å². The van der Waals surface area contributed by atoms with Crippen LogP contribution in [0.3, 0.4) is 0 Å². The lowest BCUT2D eigenvalue weighted by Crippen LogP contribution is -2.03. The van der Waals surface area contributed by atoms with Crippen molar-refractivity contribution in [1.29, 1.82) is 0 Å². The first-order chi connectivity index (χ1) is 9.99. The van der Waals surface area contributed by atoms with Crippen molar-refractivity contribution in [3.05, 3.63) is 58.1 Å². The number of aromatic nitrogens is 2. The number of aryl methyl sites for hydroxylation is 1. The molecule has 0 aliphatic carbocycles. The fourth-order valence-electron chi connectivity index (χ4n) is 2.32. The number of fused-ring (bicyclic) bond motifs is 1. The van der Waals surface area contributed by atoms with Gasteiger partial charge in [0.1, 0.15) is 12.1 Å². The number of carboxylic acids is 1. The highest BCUT2D eigenvalue weighted by atomic mass is 79.9. The molecule has 3 aromatic rings. The fraction of sp³-hybridized carbons (Fsp3) is 0.0667. The van der Waals surface area contributed by atoms with Gasteiger partial charge in [0.25, 0.3) is 0 Å². The fourth-order valence-corrected chi connectivity index (χ4v) is 2.77. The van der Waals surface area contributed by atoms with Crippen LogP contribution in [0.1, 0.15) is 15.9 Å². The average Bonchev–Trinajstić information content (AvgIpc) is 2.86. The third kappa shape index (κ3) is 2.21. The molecule has 2 aromatic carbocycles. The first kappa shape index (κ1) is 13.8. The lowest BCUT2D eigenvalue weighted by Gasteiger charge is -2.10. The first-order valence-electron chi connectivity index (χ1n) is 6.14. The highest BCUT2D eigenvalue weighted by molar-refractivity contribution is 9.10. The van der Waals surface area contributed by atoms with Gasteiger partial charge in [-0.25, -0.2) is 14.2 Å². The van der Waals surface area contributed by atoms with E-state index in [1.54, 1.807) is 22.8 Å². The number of carbonyl (C=O) groups is 1. The van der Waals surface area contributed by atoms with Gasteiger partial charge >= 0.3 is 5.97 Å². The van der Waals surface area contributed by atoms with Crippen molar-refractivity contribution < 1.29 is 14.3 Å². The zero-order chi connectivity index (χ0) is 15.1. The van der Waals surface area contributed by atoms with Crippen molar-refractivity contribution >= 4 is 32.9 Å². The molecule has 0 radical (unpaired) electrons. The summed E-state index contributed by atoms with van der Waals surface area (Å²) in [6.45, 7) is 1.83. The molecule has 0 amide bonds. The molecule has 1 heterocycles. The van der Waals surface area contributed by atoms with Gasteiger partial charge in [-0.3, -0.25) is 4.57 Å².